The van der Waals surface area contributed by atoms with Crippen molar-refractivity contribution in [3.05, 3.63) is 29.3 Å². The van der Waals surface area contributed by atoms with Gasteiger partial charge in [-0.25, -0.2) is 4.99 Å². The third-order valence-electron chi connectivity index (χ3n) is 5.10. The van der Waals surface area contributed by atoms with Gasteiger partial charge < -0.3 is 20.5 Å². The van der Waals surface area contributed by atoms with Crippen LogP contribution in [0.4, 0.5) is 0 Å². The summed E-state index contributed by atoms with van der Waals surface area (Å²) in [7, 11) is 0. The first-order valence-electron chi connectivity index (χ1n) is 9.57. The molecule has 1 aromatic rings. The van der Waals surface area contributed by atoms with Crippen molar-refractivity contribution in [3.63, 3.8) is 0 Å². The van der Waals surface area contributed by atoms with Crippen LogP contribution in [0.25, 0.3) is 0 Å². The lowest BCUT2D eigenvalue weighted by Crippen LogP contribution is -2.41. The molecule has 1 unspecified atom stereocenters. The smallest absolute Gasteiger partial charge is 0.189 e. The zero-order chi connectivity index (χ0) is 17.5. The quantitative estimate of drug-likeness (QED) is 0.614. The van der Waals surface area contributed by atoms with Gasteiger partial charge >= 0.3 is 0 Å². The minimum atomic E-state index is 0.480. The van der Waals surface area contributed by atoms with Gasteiger partial charge in [-0.3, -0.25) is 0 Å². The molecule has 3 rings (SSSR count). The maximum Gasteiger partial charge on any atom is 0.189 e. The molecule has 1 saturated heterocycles. The zero-order valence-electron chi connectivity index (χ0n) is 15.3. The normalized spacial score (nSPS) is 22.1. The fraction of sp³-hybridized carbons (Fsp3) is 0.650. The van der Waals surface area contributed by atoms with Crippen molar-refractivity contribution < 1.29 is 9.47 Å². The highest BCUT2D eigenvalue weighted by Crippen LogP contribution is 2.23. The first kappa shape index (κ1) is 18.1. The SMILES string of the molecule is Cc1ccc(CN=C(N)NC2CCCCC2)c(OCC2CCOC2)c1. The van der Waals surface area contributed by atoms with Crippen molar-refractivity contribution in [2.75, 3.05) is 19.8 Å². The lowest BCUT2D eigenvalue weighted by atomic mass is 9.96. The van der Waals surface area contributed by atoms with Crippen LogP contribution in [-0.4, -0.2) is 31.8 Å². The van der Waals surface area contributed by atoms with Crippen LogP contribution in [-0.2, 0) is 11.3 Å². The summed E-state index contributed by atoms with van der Waals surface area (Å²) in [6, 6.07) is 6.76. The molecule has 0 bridgehead atoms. The topological polar surface area (TPSA) is 68.9 Å². The van der Waals surface area contributed by atoms with E-state index in [2.05, 4.69) is 35.4 Å². The van der Waals surface area contributed by atoms with Gasteiger partial charge in [0, 0.05) is 24.1 Å². The number of aryl methyl sites for hydroxylation is 1. The van der Waals surface area contributed by atoms with Crippen LogP contribution in [0.5, 0.6) is 5.75 Å². The average molecular weight is 345 g/mol. The highest BCUT2D eigenvalue weighted by molar-refractivity contribution is 5.78. The Morgan fingerprint density at radius 3 is 2.88 bits per heavy atom. The number of aliphatic imine (C=N–C) groups is 1. The molecule has 2 fully saturated rings. The number of nitrogens with zero attached hydrogens (tertiary/aromatic N) is 1. The Morgan fingerprint density at radius 1 is 1.28 bits per heavy atom. The molecule has 0 aromatic heterocycles. The van der Waals surface area contributed by atoms with Crippen LogP contribution in [0.3, 0.4) is 0 Å². The number of ether oxygens (including phenoxy) is 2. The Morgan fingerprint density at radius 2 is 2.12 bits per heavy atom. The molecule has 25 heavy (non-hydrogen) atoms. The summed E-state index contributed by atoms with van der Waals surface area (Å²) in [5.74, 6) is 1.96. The Balaban J connectivity index is 1.57. The molecule has 138 valence electrons. The van der Waals surface area contributed by atoms with Crippen molar-refractivity contribution in [3.8, 4) is 5.75 Å². The molecule has 1 heterocycles. The van der Waals surface area contributed by atoms with Crippen LogP contribution in [0.1, 0.15) is 49.7 Å². The van der Waals surface area contributed by atoms with E-state index in [1.165, 1.54) is 37.7 Å². The van der Waals surface area contributed by atoms with E-state index in [4.69, 9.17) is 15.2 Å². The van der Waals surface area contributed by atoms with Gasteiger partial charge in [-0.05, 0) is 37.8 Å². The second-order valence-electron chi connectivity index (χ2n) is 7.33. The van der Waals surface area contributed by atoms with Gasteiger partial charge in [0.05, 0.1) is 19.8 Å². The molecule has 1 atom stereocenters. The molecular formula is C20H31N3O2. The zero-order valence-corrected chi connectivity index (χ0v) is 15.3. The number of hydrogen-bond acceptors (Lipinski definition) is 3. The average Bonchev–Trinajstić information content (AvgIpc) is 3.13. The minimum absolute atomic E-state index is 0.480. The third kappa shape index (κ3) is 5.63. The van der Waals surface area contributed by atoms with E-state index in [1.54, 1.807) is 0 Å². The molecule has 1 aromatic carbocycles. The molecular weight excluding hydrogens is 314 g/mol. The van der Waals surface area contributed by atoms with Gasteiger partial charge in [-0.15, -0.1) is 0 Å². The standard InChI is InChI=1S/C20H31N3O2/c1-15-7-8-17(19(11-15)25-14-16-9-10-24-13-16)12-22-20(21)23-18-5-3-2-4-6-18/h7-8,11,16,18H,2-6,9-10,12-14H2,1H3,(H3,21,22,23). The number of benzene rings is 1. The Labute approximate surface area is 151 Å². The van der Waals surface area contributed by atoms with Crippen LogP contribution >= 0.6 is 0 Å². The summed E-state index contributed by atoms with van der Waals surface area (Å²) in [6.07, 6.45) is 7.37. The molecule has 1 aliphatic heterocycles. The first-order valence-corrected chi connectivity index (χ1v) is 9.57. The lowest BCUT2D eigenvalue weighted by Gasteiger charge is -2.23. The maximum atomic E-state index is 6.09. The predicted octanol–water partition coefficient (Wildman–Crippen LogP) is 3.15. The molecule has 1 saturated carbocycles. The van der Waals surface area contributed by atoms with Crippen molar-refractivity contribution in [2.45, 2.75) is 58.0 Å². The highest BCUT2D eigenvalue weighted by atomic mass is 16.5. The first-order chi connectivity index (χ1) is 12.2. The minimum Gasteiger partial charge on any atom is -0.493 e. The molecule has 3 N–H and O–H groups in total. The van der Waals surface area contributed by atoms with E-state index < -0.39 is 0 Å². The van der Waals surface area contributed by atoms with E-state index in [0.29, 0.717) is 31.1 Å². The van der Waals surface area contributed by atoms with Gasteiger partial charge in [0.25, 0.3) is 0 Å². The third-order valence-corrected chi connectivity index (χ3v) is 5.10. The van der Waals surface area contributed by atoms with Crippen molar-refractivity contribution >= 4 is 5.96 Å². The number of hydrogen-bond donors (Lipinski definition) is 2. The van der Waals surface area contributed by atoms with E-state index in [0.717, 1.165) is 30.9 Å². The Bertz CT molecular complexity index is 576. The fourth-order valence-electron chi connectivity index (χ4n) is 3.52. The molecule has 0 amide bonds. The van der Waals surface area contributed by atoms with Gasteiger partial charge in [0.2, 0.25) is 0 Å². The van der Waals surface area contributed by atoms with Crippen LogP contribution in [0.2, 0.25) is 0 Å². The summed E-state index contributed by atoms with van der Waals surface area (Å²) in [5.41, 5.74) is 8.36. The summed E-state index contributed by atoms with van der Waals surface area (Å²) >= 11 is 0. The van der Waals surface area contributed by atoms with Gasteiger partial charge in [0.1, 0.15) is 5.75 Å². The van der Waals surface area contributed by atoms with E-state index in [1.807, 2.05) is 0 Å². The van der Waals surface area contributed by atoms with Crippen LogP contribution < -0.4 is 15.8 Å². The van der Waals surface area contributed by atoms with Crippen molar-refractivity contribution in [1.29, 1.82) is 0 Å². The maximum absolute atomic E-state index is 6.09. The summed E-state index contributed by atoms with van der Waals surface area (Å²) < 4.78 is 11.5. The Hall–Kier alpha value is -1.75. The molecule has 5 nitrogen and oxygen atoms in total. The summed E-state index contributed by atoms with van der Waals surface area (Å²) in [4.78, 5) is 4.54. The van der Waals surface area contributed by atoms with Crippen molar-refractivity contribution in [2.24, 2.45) is 16.6 Å². The largest absolute Gasteiger partial charge is 0.493 e. The number of rotatable bonds is 6. The van der Waals surface area contributed by atoms with E-state index >= 15 is 0 Å². The van der Waals surface area contributed by atoms with Gasteiger partial charge in [-0.2, -0.15) is 0 Å². The highest BCUT2D eigenvalue weighted by Gasteiger charge is 2.17. The monoisotopic (exact) mass is 345 g/mol. The molecule has 0 radical (unpaired) electrons. The lowest BCUT2D eigenvalue weighted by molar-refractivity contribution is 0.166. The second-order valence-corrected chi connectivity index (χ2v) is 7.33. The van der Waals surface area contributed by atoms with E-state index in [-0.39, 0.29) is 0 Å². The van der Waals surface area contributed by atoms with Gasteiger partial charge in [0.15, 0.2) is 5.96 Å². The molecule has 1 aliphatic carbocycles. The molecule has 0 spiro atoms. The Kier molecular flexibility index (Phi) is 6.56. The van der Waals surface area contributed by atoms with Gasteiger partial charge in [-0.1, -0.05) is 31.4 Å². The summed E-state index contributed by atoms with van der Waals surface area (Å²) in [5, 5.41) is 3.37. The van der Waals surface area contributed by atoms with Crippen molar-refractivity contribution in [1.82, 2.24) is 5.32 Å². The fourth-order valence-corrected chi connectivity index (χ4v) is 3.52. The number of guanidine groups is 1. The number of nitrogens with two attached hydrogens (primary N) is 1. The molecule has 2 aliphatic rings. The van der Waals surface area contributed by atoms with Crippen LogP contribution in [0.15, 0.2) is 23.2 Å². The predicted molar refractivity (Wildman–Crippen MR) is 101 cm³/mol. The second kappa shape index (κ2) is 9.09. The molecule has 5 heteroatoms. The number of nitrogens with one attached hydrogen (secondary N) is 1. The van der Waals surface area contributed by atoms with Crippen LogP contribution in [0, 0.1) is 12.8 Å². The van der Waals surface area contributed by atoms with E-state index in [9.17, 15) is 0 Å². The summed E-state index contributed by atoms with van der Waals surface area (Å²) in [6.45, 7) is 4.98.